The normalized spacial score (nSPS) is 13.6. The van der Waals surface area contributed by atoms with Crippen molar-refractivity contribution in [1.29, 1.82) is 0 Å². The molecule has 4 aromatic rings. The molecule has 0 aliphatic carbocycles. The maximum Gasteiger partial charge on any atom is 0.254 e. The number of nitrogens with one attached hydrogen (secondary N) is 1. The predicted molar refractivity (Wildman–Crippen MR) is 131 cm³/mol. The molecule has 172 valence electrons. The van der Waals surface area contributed by atoms with Crippen molar-refractivity contribution in [2.45, 2.75) is 13.2 Å². The van der Waals surface area contributed by atoms with Crippen LogP contribution in [0.25, 0.3) is 10.9 Å². The van der Waals surface area contributed by atoms with Gasteiger partial charge in [0, 0.05) is 37.3 Å². The van der Waals surface area contributed by atoms with Crippen LogP contribution in [-0.4, -0.2) is 47.1 Å². The molecule has 1 saturated heterocycles. The molecule has 2 aromatic carbocycles. The van der Waals surface area contributed by atoms with Crippen molar-refractivity contribution in [1.82, 2.24) is 14.9 Å². The van der Waals surface area contributed by atoms with Crippen LogP contribution < -0.4 is 10.1 Å². The van der Waals surface area contributed by atoms with Gasteiger partial charge in [-0.25, -0.2) is 9.97 Å². The molecular weight excluding hydrogens is 428 g/mol. The van der Waals surface area contributed by atoms with Crippen molar-refractivity contribution in [3.8, 4) is 5.88 Å². The van der Waals surface area contributed by atoms with E-state index in [1.54, 1.807) is 6.20 Å². The van der Waals surface area contributed by atoms with Crippen molar-refractivity contribution in [2.24, 2.45) is 0 Å². The van der Waals surface area contributed by atoms with Gasteiger partial charge < -0.3 is 19.7 Å². The van der Waals surface area contributed by atoms with Crippen LogP contribution in [0.5, 0.6) is 5.88 Å². The van der Waals surface area contributed by atoms with Crippen LogP contribution in [0.4, 0.5) is 5.82 Å². The number of ether oxygens (including phenoxy) is 2. The standard InChI is InChI=1S/C27H26N4O3/c32-27(31-12-14-33-15-13-31)23-17-25(30-24-9-5-4-8-22(23)24)29-18-21-10-11-28-26(16-21)34-19-20-6-2-1-3-7-20/h1-11,16-17H,12-15,18-19H2,(H,29,30). The maximum atomic E-state index is 13.3. The SMILES string of the molecule is O=C(c1cc(NCc2ccnc(OCc3ccccc3)c2)nc2ccccc12)N1CCOCC1. The summed E-state index contributed by atoms with van der Waals surface area (Å²) in [5.74, 6) is 1.22. The molecule has 34 heavy (non-hydrogen) atoms. The van der Waals surface area contributed by atoms with Crippen LogP contribution in [0.2, 0.25) is 0 Å². The summed E-state index contributed by atoms with van der Waals surface area (Å²) in [5.41, 5.74) is 3.53. The highest BCUT2D eigenvalue weighted by Crippen LogP contribution is 2.23. The van der Waals surface area contributed by atoms with E-state index in [9.17, 15) is 4.79 Å². The van der Waals surface area contributed by atoms with Gasteiger partial charge in [-0.3, -0.25) is 4.79 Å². The molecule has 7 nitrogen and oxygen atoms in total. The Labute approximate surface area is 198 Å². The first kappa shape index (κ1) is 21.9. The van der Waals surface area contributed by atoms with Gasteiger partial charge in [-0.2, -0.15) is 0 Å². The number of hydrogen-bond donors (Lipinski definition) is 1. The molecule has 1 fully saturated rings. The Morgan fingerprint density at radius 1 is 0.971 bits per heavy atom. The Morgan fingerprint density at radius 2 is 1.76 bits per heavy atom. The van der Waals surface area contributed by atoms with Crippen LogP contribution in [0, 0.1) is 0 Å². The summed E-state index contributed by atoms with van der Waals surface area (Å²) >= 11 is 0. The van der Waals surface area contributed by atoms with E-state index in [-0.39, 0.29) is 5.91 Å². The van der Waals surface area contributed by atoms with Gasteiger partial charge in [0.15, 0.2) is 0 Å². The van der Waals surface area contributed by atoms with Crippen LogP contribution in [0.3, 0.4) is 0 Å². The number of carbonyl (C=O) groups is 1. The molecule has 1 aliphatic heterocycles. The summed E-state index contributed by atoms with van der Waals surface area (Å²) in [4.78, 5) is 24.1. The van der Waals surface area contributed by atoms with E-state index < -0.39 is 0 Å². The minimum atomic E-state index is 0.00505. The molecule has 1 N–H and O–H groups in total. The average molecular weight is 455 g/mol. The molecule has 1 amide bonds. The van der Waals surface area contributed by atoms with E-state index in [4.69, 9.17) is 14.5 Å². The number of benzene rings is 2. The van der Waals surface area contributed by atoms with Gasteiger partial charge in [0.2, 0.25) is 5.88 Å². The Kier molecular flexibility index (Phi) is 6.63. The van der Waals surface area contributed by atoms with Crippen LogP contribution >= 0.6 is 0 Å². The Bertz CT molecular complexity index is 1270. The number of carbonyl (C=O) groups excluding carboxylic acids is 1. The highest BCUT2D eigenvalue weighted by molar-refractivity contribution is 6.07. The lowest BCUT2D eigenvalue weighted by Crippen LogP contribution is -2.40. The number of pyridine rings is 2. The van der Waals surface area contributed by atoms with E-state index in [1.807, 2.05) is 77.7 Å². The quantitative estimate of drug-likeness (QED) is 0.449. The number of morpholine rings is 1. The molecule has 0 bridgehead atoms. The molecular formula is C27H26N4O3. The van der Waals surface area contributed by atoms with E-state index in [1.165, 1.54) is 0 Å². The molecule has 0 unspecified atom stereocenters. The second-order valence-electron chi connectivity index (χ2n) is 8.11. The average Bonchev–Trinajstić information content (AvgIpc) is 2.91. The van der Waals surface area contributed by atoms with Crippen molar-refractivity contribution >= 4 is 22.6 Å². The van der Waals surface area contributed by atoms with Gasteiger partial charge in [-0.05, 0) is 29.3 Å². The number of fused-ring (bicyclic) bond motifs is 1. The van der Waals surface area contributed by atoms with Crippen LogP contribution in [0.1, 0.15) is 21.5 Å². The lowest BCUT2D eigenvalue weighted by atomic mass is 10.1. The number of amides is 1. The Morgan fingerprint density at radius 3 is 2.62 bits per heavy atom. The molecule has 1 aliphatic rings. The van der Waals surface area contributed by atoms with E-state index in [0.717, 1.165) is 22.0 Å². The van der Waals surface area contributed by atoms with Gasteiger partial charge in [0.05, 0.1) is 24.3 Å². The fourth-order valence-electron chi connectivity index (χ4n) is 3.94. The zero-order valence-corrected chi connectivity index (χ0v) is 18.8. The molecule has 0 spiro atoms. The largest absolute Gasteiger partial charge is 0.473 e. The third kappa shape index (κ3) is 5.15. The maximum absolute atomic E-state index is 13.3. The third-order valence-electron chi connectivity index (χ3n) is 5.75. The van der Waals surface area contributed by atoms with E-state index in [2.05, 4.69) is 10.3 Å². The summed E-state index contributed by atoms with van der Waals surface area (Å²) in [6.45, 7) is 3.32. The zero-order chi connectivity index (χ0) is 23.2. The summed E-state index contributed by atoms with van der Waals surface area (Å²) in [5, 5.41) is 4.21. The van der Waals surface area contributed by atoms with Gasteiger partial charge in [-0.15, -0.1) is 0 Å². The number of aromatic nitrogens is 2. The number of nitrogens with zero attached hydrogens (tertiary/aromatic N) is 3. The lowest BCUT2D eigenvalue weighted by molar-refractivity contribution is 0.0304. The fraction of sp³-hybridized carbons (Fsp3) is 0.222. The van der Waals surface area contributed by atoms with Crippen molar-refractivity contribution in [2.75, 3.05) is 31.6 Å². The van der Waals surface area contributed by atoms with E-state index in [0.29, 0.717) is 56.7 Å². The van der Waals surface area contributed by atoms with Crippen molar-refractivity contribution < 1.29 is 14.3 Å². The van der Waals surface area contributed by atoms with Crippen LogP contribution in [-0.2, 0) is 17.9 Å². The molecule has 0 atom stereocenters. The number of para-hydroxylation sites is 1. The second-order valence-corrected chi connectivity index (χ2v) is 8.11. The minimum Gasteiger partial charge on any atom is -0.473 e. The first-order chi connectivity index (χ1) is 16.8. The summed E-state index contributed by atoms with van der Waals surface area (Å²) in [7, 11) is 0. The topological polar surface area (TPSA) is 76.6 Å². The summed E-state index contributed by atoms with van der Waals surface area (Å²) in [6, 6.07) is 23.4. The highest BCUT2D eigenvalue weighted by atomic mass is 16.5. The number of anilines is 1. The smallest absolute Gasteiger partial charge is 0.254 e. The molecule has 2 aromatic heterocycles. The number of hydrogen-bond acceptors (Lipinski definition) is 6. The summed E-state index contributed by atoms with van der Waals surface area (Å²) in [6.07, 6.45) is 1.73. The van der Waals surface area contributed by atoms with Gasteiger partial charge in [0.1, 0.15) is 12.4 Å². The second kappa shape index (κ2) is 10.3. The Hall–Kier alpha value is -3.97. The minimum absolute atomic E-state index is 0.00505. The van der Waals surface area contributed by atoms with Crippen molar-refractivity contribution in [3.63, 3.8) is 0 Å². The zero-order valence-electron chi connectivity index (χ0n) is 18.8. The Balaban J connectivity index is 1.32. The number of rotatable bonds is 7. The summed E-state index contributed by atoms with van der Waals surface area (Å²) < 4.78 is 11.2. The predicted octanol–water partition coefficient (Wildman–Crippen LogP) is 4.29. The lowest BCUT2D eigenvalue weighted by Gasteiger charge is -2.27. The molecule has 5 rings (SSSR count). The first-order valence-corrected chi connectivity index (χ1v) is 11.4. The molecule has 0 saturated carbocycles. The first-order valence-electron chi connectivity index (χ1n) is 11.4. The van der Waals surface area contributed by atoms with Crippen LogP contribution in [0.15, 0.2) is 79.0 Å². The molecule has 3 heterocycles. The van der Waals surface area contributed by atoms with Gasteiger partial charge in [-0.1, -0.05) is 48.5 Å². The van der Waals surface area contributed by atoms with Gasteiger partial charge >= 0.3 is 0 Å². The van der Waals surface area contributed by atoms with Gasteiger partial charge in [0.25, 0.3) is 5.91 Å². The molecule has 0 radical (unpaired) electrons. The van der Waals surface area contributed by atoms with E-state index >= 15 is 0 Å². The third-order valence-corrected chi connectivity index (χ3v) is 5.75. The molecule has 7 heteroatoms. The highest BCUT2D eigenvalue weighted by Gasteiger charge is 2.21. The fourth-order valence-corrected chi connectivity index (χ4v) is 3.94. The monoisotopic (exact) mass is 454 g/mol. The van der Waals surface area contributed by atoms with Crippen molar-refractivity contribution in [3.05, 3.63) is 95.7 Å².